The quantitative estimate of drug-likeness (QED) is 0.816. The van der Waals surface area contributed by atoms with E-state index in [0.717, 1.165) is 0 Å². The van der Waals surface area contributed by atoms with Gasteiger partial charge in [-0.1, -0.05) is 30.3 Å². The van der Waals surface area contributed by atoms with E-state index in [2.05, 4.69) is 17.2 Å². The Morgan fingerprint density at radius 1 is 1.41 bits per heavy atom. The molecule has 1 amide bonds. The van der Waals surface area contributed by atoms with Crippen LogP contribution in [0.5, 0.6) is 5.75 Å². The summed E-state index contributed by atoms with van der Waals surface area (Å²) in [7, 11) is 1.56. The molecule has 0 atom stereocenters. The summed E-state index contributed by atoms with van der Waals surface area (Å²) < 4.78 is 5.12. The predicted octanol–water partition coefficient (Wildman–Crippen LogP) is 1.98. The molecule has 0 heterocycles. The number of amides is 1. The van der Waals surface area contributed by atoms with E-state index in [-0.39, 0.29) is 12.5 Å². The number of methoxy groups -OCH3 is 1. The lowest BCUT2D eigenvalue weighted by atomic mass is 10.3. The molecule has 4 nitrogen and oxygen atoms in total. The summed E-state index contributed by atoms with van der Waals surface area (Å²) in [5, 5.41) is 6.06. The third-order valence-corrected chi connectivity index (χ3v) is 2.12. The summed E-state index contributed by atoms with van der Waals surface area (Å²) in [5.74, 6) is 0.468. The van der Waals surface area contributed by atoms with Gasteiger partial charge < -0.3 is 15.4 Å². The van der Waals surface area contributed by atoms with Crippen molar-refractivity contribution in [3.05, 3.63) is 35.9 Å². The van der Waals surface area contributed by atoms with Crippen LogP contribution in [0.4, 0.5) is 5.69 Å². The lowest BCUT2D eigenvalue weighted by Gasteiger charge is -2.10. The fourth-order valence-corrected chi connectivity index (χ4v) is 1.35. The summed E-state index contributed by atoms with van der Waals surface area (Å²) in [6, 6.07) is 7.22. The number of benzene rings is 1. The molecule has 1 aromatic carbocycles. The Bertz CT molecular complexity index is 407. The Labute approximate surface area is 106 Å². The van der Waals surface area contributed by atoms with Gasteiger partial charge in [-0.3, -0.25) is 4.79 Å². The minimum atomic E-state index is -0.160. The van der Waals surface area contributed by atoms with Crippen molar-refractivity contribution < 1.29 is 9.53 Å². The molecule has 0 bridgehead atoms. The second-order valence-electron chi connectivity index (χ2n) is 3.37. The molecule has 0 saturated heterocycles. The largest absolute Gasteiger partial charge is 0.495 e. The Balaban J connectivity index is 2.47. The number of hydrogen-bond acceptors (Lipinski definition) is 3. The molecule has 0 saturated carbocycles. The molecule has 0 aliphatic carbocycles. The maximum absolute atomic E-state index is 11.6. The molecule has 1 aromatic rings. The monoisotopic (exact) mass is 254 g/mol. The van der Waals surface area contributed by atoms with Crippen LogP contribution in [-0.4, -0.2) is 26.1 Å². The number of carbonyl (C=O) groups is 1. The van der Waals surface area contributed by atoms with Crippen molar-refractivity contribution in [2.75, 3.05) is 25.5 Å². The Morgan fingerprint density at radius 2 is 2.12 bits per heavy atom. The maximum atomic E-state index is 11.6. The zero-order chi connectivity index (χ0) is 12.7. The highest BCUT2D eigenvalue weighted by molar-refractivity contribution is 6.29. The molecule has 5 heteroatoms. The van der Waals surface area contributed by atoms with Gasteiger partial charge in [0.1, 0.15) is 5.75 Å². The number of carbonyl (C=O) groups excluding carboxylic acids is 1. The lowest BCUT2D eigenvalue weighted by Crippen LogP contribution is -2.28. The van der Waals surface area contributed by atoms with Crippen molar-refractivity contribution in [2.45, 2.75) is 0 Å². The Morgan fingerprint density at radius 3 is 2.76 bits per heavy atom. The number of ether oxygens (including phenoxy) is 1. The van der Waals surface area contributed by atoms with Gasteiger partial charge in [0.15, 0.2) is 0 Å². The van der Waals surface area contributed by atoms with E-state index in [1.165, 1.54) is 0 Å². The fraction of sp³-hybridized carbons (Fsp3) is 0.250. The average molecular weight is 255 g/mol. The van der Waals surface area contributed by atoms with Crippen LogP contribution in [0.3, 0.4) is 0 Å². The second kappa shape index (κ2) is 6.93. The van der Waals surface area contributed by atoms with Gasteiger partial charge in [0.05, 0.1) is 19.3 Å². The van der Waals surface area contributed by atoms with Crippen LogP contribution in [0.25, 0.3) is 0 Å². The SMILES string of the molecule is C=C(Cl)CNCC(=O)Nc1ccccc1OC. The topological polar surface area (TPSA) is 50.4 Å². The highest BCUT2D eigenvalue weighted by Crippen LogP contribution is 2.22. The van der Waals surface area contributed by atoms with Gasteiger partial charge in [-0.15, -0.1) is 0 Å². The molecule has 0 aliphatic heterocycles. The first-order chi connectivity index (χ1) is 8.13. The maximum Gasteiger partial charge on any atom is 0.238 e. The zero-order valence-electron chi connectivity index (χ0n) is 9.63. The average Bonchev–Trinajstić information content (AvgIpc) is 2.29. The van der Waals surface area contributed by atoms with Crippen molar-refractivity contribution in [1.82, 2.24) is 5.32 Å². The van der Waals surface area contributed by atoms with Crippen LogP contribution < -0.4 is 15.4 Å². The molecule has 0 fully saturated rings. The number of nitrogens with one attached hydrogen (secondary N) is 2. The minimum absolute atomic E-state index is 0.160. The molecule has 0 unspecified atom stereocenters. The molecule has 17 heavy (non-hydrogen) atoms. The first-order valence-electron chi connectivity index (χ1n) is 5.10. The van der Waals surface area contributed by atoms with E-state index in [9.17, 15) is 4.79 Å². The highest BCUT2D eigenvalue weighted by Gasteiger charge is 2.05. The fourth-order valence-electron chi connectivity index (χ4n) is 1.25. The Hall–Kier alpha value is -1.52. The highest BCUT2D eigenvalue weighted by atomic mass is 35.5. The van der Waals surface area contributed by atoms with Crippen LogP contribution in [0.2, 0.25) is 0 Å². The third kappa shape index (κ3) is 4.89. The summed E-state index contributed by atoms with van der Waals surface area (Å²) in [6.07, 6.45) is 0. The van der Waals surface area contributed by atoms with Crippen LogP contribution in [0.1, 0.15) is 0 Å². The first kappa shape index (κ1) is 13.5. The zero-order valence-corrected chi connectivity index (χ0v) is 10.4. The van der Waals surface area contributed by atoms with Crippen LogP contribution >= 0.6 is 11.6 Å². The molecule has 92 valence electrons. The summed E-state index contributed by atoms with van der Waals surface area (Å²) in [6.45, 7) is 4.09. The van der Waals surface area contributed by atoms with Crippen LogP contribution in [0.15, 0.2) is 35.9 Å². The normalized spacial score (nSPS) is 9.76. The lowest BCUT2D eigenvalue weighted by molar-refractivity contribution is -0.115. The van der Waals surface area contributed by atoms with Crippen molar-refractivity contribution in [2.24, 2.45) is 0 Å². The molecule has 0 aliphatic rings. The molecular formula is C12H15ClN2O2. The van der Waals surface area contributed by atoms with Gasteiger partial charge >= 0.3 is 0 Å². The van der Waals surface area contributed by atoms with E-state index < -0.39 is 0 Å². The van der Waals surface area contributed by atoms with Crippen molar-refractivity contribution >= 4 is 23.2 Å². The van der Waals surface area contributed by atoms with Gasteiger partial charge in [0, 0.05) is 11.6 Å². The number of rotatable bonds is 6. The van der Waals surface area contributed by atoms with E-state index in [0.29, 0.717) is 23.0 Å². The van der Waals surface area contributed by atoms with Crippen molar-refractivity contribution in [3.8, 4) is 5.75 Å². The van der Waals surface area contributed by atoms with Gasteiger partial charge in [0.2, 0.25) is 5.91 Å². The van der Waals surface area contributed by atoms with Crippen LogP contribution in [-0.2, 0) is 4.79 Å². The number of hydrogen-bond donors (Lipinski definition) is 2. The molecular weight excluding hydrogens is 240 g/mol. The van der Waals surface area contributed by atoms with Gasteiger partial charge in [0.25, 0.3) is 0 Å². The van der Waals surface area contributed by atoms with Gasteiger partial charge in [-0.25, -0.2) is 0 Å². The number of halogens is 1. The molecule has 0 spiro atoms. The smallest absolute Gasteiger partial charge is 0.238 e. The molecule has 2 N–H and O–H groups in total. The predicted molar refractivity (Wildman–Crippen MR) is 69.5 cm³/mol. The van der Waals surface area contributed by atoms with E-state index >= 15 is 0 Å². The number of anilines is 1. The van der Waals surface area contributed by atoms with Crippen molar-refractivity contribution in [1.29, 1.82) is 0 Å². The molecule has 0 radical (unpaired) electrons. The van der Waals surface area contributed by atoms with E-state index in [1.54, 1.807) is 19.2 Å². The summed E-state index contributed by atoms with van der Waals surface area (Å²) >= 11 is 5.56. The van der Waals surface area contributed by atoms with Crippen molar-refractivity contribution in [3.63, 3.8) is 0 Å². The number of para-hydroxylation sites is 2. The molecule has 1 rings (SSSR count). The second-order valence-corrected chi connectivity index (χ2v) is 3.90. The minimum Gasteiger partial charge on any atom is -0.495 e. The Kier molecular flexibility index (Phi) is 5.52. The summed E-state index contributed by atoms with van der Waals surface area (Å²) in [4.78, 5) is 11.6. The van der Waals surface area contributed by atoms with Gasteiger partial charge in [-0.2, -0.15) is 0 Å². The summed E-state index contributed by atoms with van der Waals surface area (Å²) in [5.41, 5.74) is 0.645. The van der Waals surface area contributed by atoms with E-state index in [4.69, 9.17) is 16.3 Å². The molecule has 0 aromatic heterocycles. The van der Waals surface area contributed by atoms with Crippen LogP contribution in [0, 0.1) is 0 Å². The third-order valence-electron chi connectivity index (χ3n) is 1.98. The van der Waals surface area contributed by atoms with Gasteiger partial charge in [-0.05, 0) is 12.1 Å². The van der Waals surface area contributed by atoms with E-state index in [1.807, 2.05) is 12.1 Å². The standard InChI is InChI=1S/C12H15ClN2O2/c1-9(13)7-14-8-12(16)15-10-5-3-4-6-11(10)17-2/h3-6,14H,1,7-8H2,2H3,(H,15,16). The first-order valence-corrected chi connectivity index (χ1v) is 5.48.